The van der Waals surface area contributed by atoms with E-state index in [-0.39, 0.29) is 0 Å². The normalized spacial score (nSPS) is 24.3. The quantitative estimate of drug-likeness (QED) is 0.736. The minimum Gasteiger partial charge on any atom is -0.368 e. The third-order valence-electron chi connectivity index (χ3n) is 3.90. The Morgan fingerprint density at radius 1 is 1.25 bits per heavy atom. The van der Waals surface area contributed by atoms with Gasteiger partial charge in [-0.15, -0.1) is 0 Å². The molecule has 1 heteroatoms. The molecule has 1 nitrogen and oxygen atoms in total. The predicted octanol–water partition coefficient (Wildman–Crippen LogP) is 4.01. The molecule has 0 saturated carbocycles. The largest absolute Gasteiger partial charge is 0.368 e. The van der Waals surface area contributed by atoms with E-state index in [1.165, 1.54) is 37.1 Å². The van der Waals surface area contributed by atoms with Crippen LogP contribution in [0.5, 0.6) is 0 Å². The Bertz CT molecular complexity index is 328. The van der Waals surface area contributed by atoms with E-state index in [4.69, 9.17) is 0 Å². The van der Waals surface area contributed by atoms with E-state index in [2.05, 4.69) is 49.9 Å². The summed E-state index contributed by atoms with van der Waals surface area (Å²) in [6.07, 6.45) is 4.12. The average Bonchev–Trinajstić information content (AvgIpc) is 2.30. The molecule has 2 rings (SSSR count). The zero-order valence-electron chi connectivity index (χ0n) is 10.7. The smallest absolute Gasteiger partial charge is 0.0369 e. The SMILES string of the molecule is CCCC[C@@H]1CN(c2ccc(C)cc2)[C@H]1C. The van der Waals surface area contributed by atoms with Crippen LogP contribution < -0.4 is 4.90 Å². The van der Waals surface area contributed by atoms with Crippen LogP contribution in [-0.2, 0) is 0 Å². The van der Waals surface area contributed by atoms with Crippen molar-refractivity contribution in [2.24, 2.45) is 5.92 Å². The fourth-order valence-corrected chi connectivity index (χ4v) is 2.56. The zero-order valence-corrected chi connectivity index (χ0v) is 10.7. The van der Waals surface area contributed by atoms with E-state index in [0.29, 0.717) is 0 Å². The molecule has 0 radical (unpaired) electrons. The highest BCUT2D eigenvalue weighted by Gasteiger charge is 2.34. The van der Waals surface area contributed by atoms with E-state index in [0.717, 1.165) is 12.0 Å². The Morgan fingerprint density at radius 2 is 1.94 bits per heavy atom. The van der Waals surface area contributed by atoms with Gasteiger partial charge in [0.2, 0.25) is 0 Å². The fourth-order valence-electron chi connectivity index (χ4n) is 2.56. The molecular weight excluding hydrogens is 194 g/mol. The number of benzene rings is 1. The molecule has 2 atom stereocenters. The number of nitrogens with zero attached hydrogens (tertiary/aromatic N) is 1. The molecule has 16 heavy (non-hydrogen) atoms. The summed E-state index contributed by atoms with van der Waals surface area (Å²) in [5.74, 6) is 0.918. The van der Waals surface area contributed by atoms with Crippen molar-refractivity contribution in [2.45, 2.75) is 46.1 Å². The molecule has 0 bridgehead atoms. The Balaban J connectivity index is 1.92. The lowest BCUT2D eigenvalue weighted by atomic mass is 9.85. The minimum atomic E-state index is 0.731. The first-order chi connectivity index (χ1) is 7.72. The molecule has 1 aromatic carbocycles. The van der Waals surface area contributed by atoms with Crippen molar-refractivity contribution in [1.29, 1.82) is 0 Å². The number of hydrogen-bond acceptors (Lipinski definition) is 1. The lowest BCUT2D eigenvalue weighted by molar-refractivity contribution is 0.287. The van der Waals surface area contributed by atoms with Crippen molar-refractivity contribution in [1.82, 2.24) is 0 Å². The van der Waals surface area contributed by atoms with Gasteiger partial charge in [0.05, 0.1) is 0 Å². The van der Waals surface area contributed by atoms with Crippen molar-refractivity contribution < 1.29 is 0 Å². The first-order valence-electron chi connectivity index (χ1n) is 6.55. The van der Waals surface area contributed by atoms with Crippen molar-refractivity contribution in [3.63, 3.8) is 0 Å². The van der Waals surface area contributed by atoms with Crippen LogP contribution in [0.1, 0.15) is 38.7 Å². The van der Waals surface area contributed by atoms with Gasteiger partial charge in [-0.25, -0.2) is 0 Å². The van der Waals surface area contributed by atoms with Crippen molar-refractivity contribution >= 4 is 5.69 Å². The van der Waals surface area contributed by atoms with Crippen molar-refractivity contribution in [3.05, 3.63) is 29.8 Å². The van der Waals surface area contributed by atoms with Gasteiger partial charge in [0.15, 0.2) is 0 Å². The van der Waals surface area contributed by atoms with Gasteiger partial charge in [-0.05, 0) is 38.3 Å². The van der Waals surface area contributed by atoms with Crippen molar-refractivity contribution in [2.75, 3.05) is 11.4 Å². The Morgan fingerprint density at radius 3 is 2.50 bits per heavy atom. The molecule has 0 amide bonds. The summed E-state index contributed by atoms with van der Waals surface area (Å²) < 4.78 is 0. The Labute approximate surface area is 99.5 Å². The van der Waals surface area contributed by atoms with E-state index in [1.807, 2.05) is 0 Å². The summed E-state index contributed by atoms with van der Waals surface area (Å²) >= 11 is 0. The van der Waals surface area contributed by atoms with Gasteiger partial charge in [-0.2, -0.15) is 0 Å². The van der Waals surface area contributed by atoms with Crippen LogP contribution in [0, 0.1) is 12.8 Å². The number of aryl methyl sites for hydroxylation is 1. The van der Waals surface area contributed by atoms with Crippen LogP contribution >= 0.6 is 0 Å². The van der Waals surface area contributed by atoms with E-state index < -0.39 is 0 Å². The minimum absolute atomic E-state index is 0.731. The highest BCUT2D eigenvalue weighted by atomic mass is 15.2. The number of unbranched alkanes of at least 4 members (excludes halogenated alkanes) is 1. The van der Waals surface area contributed by atoms with Gasteiger partial charge < -0.3 is 4.90 Å². The first kappa shape index (κ1) is 11.5. The predicted molar refractivity (Wildman–Crippen MR) is 71.0 cm³/mol. The second-order valence-electron chi connectivity index (χ2n) is 5.13. The van der Waals surface area contributed by atoms with Crippen LogP contribution in [0.15, 0.2) is 24.3 Å². The molecule has 0 spiro atoms. The molecule has 1 aliphatic heterocycles. The lowest BCUT2D eigenvalue weighted by Crippen LogP contribution is -2.54. The maximum Gasteiger partial charge on any atom is 0.0369 e. The summed E-state index contributed by atoms with van der Waals surface area (Å²) in [7, 11) is 0. The van der Waals surface area contributed by atoms with E-state index in [9.17, 15) is 0 Å². The molecule has 88 valence electrons. The molecule has 0 N–H and O–H groups in total. The molecule has 1 aromatic rings. The number of rotatable bonds is 4. The fraction of sp³-hybridized carbons (Fsp3) is 0.600. The lowest BCUT2D eigenvalue weighted by Gasteiger charge is -2.48. The third kappa shape index (κ3) is 2.23. The molecule has 1 saturated heterocycles. The van der Waals surface area contributed by atoms with Crippen LogP contribution in [0.25, 0.3) is 0 Å². The van der Waals surface area contributed by atoms with Crippen LogP contribution in [-0.4, -0.2) is 12.6 Å². The maximum absolute atomic E-state index is 2.53. The standard InChI is InChI=1S/C15H23N/c1-4-5-6-14-11-16(13(14)3)15-9-7-12(2)8-10-15/h7-10,13-14H,4-6,11H2,1-3H3/t13-,14+/m0/s1. The Hall–Kier alpha value is -0.980. The molecule has 1 aliphatic rings. The second-order valence-corrected chi connectivity index (χ2v) is 5.13. The van der Waals surface area contributed by atoms with E-state index >= 15 is 0 Å². The molecular formula is C15H23N. The molecule has 1 fully saturated rings. The Kier molecular flexibility index (Phi) is 3.52. The molecule has 1 heterocycles. The van der Waals surface area contributed by atoms with Crippen LogP contribution in [0.3, 0.4) is 0 Å². The summed E-state index contributed by atoms with van der Waals surface area (Å²) in [6, 6.07) is 9.65. The first-order valence-corrected chi connectivity index (χ1v) is 6.55. The second kappa shape index (κ2) is 4.90. The van der Waals surface area contributed by atoms with Gasteiger partial charge >= 0.3 is 0 Å². The summed E-state index contributed by atoms with van der Waals surface area (Å²) in [5, 5.41) is 0. The summed E-state index contributed by atoms with van der Waals surface area (Å²) in [5.41, 5.74) is 2.74. The third-order valence-corrected chi connectivity index (χ3v) is 3.90. The molecule has 0 aromatic heterocycles. The topological polar surface area (TPSA) is 3.24 Å². The van der Waals surface area contributed by atoms with Crippen LogP contribution in [0.2, 0.25) is 0 Å². The monoisotopic (exact) mass is 217 g/mol. The highest BCUT2D eigenvalue weighted by molar-refractivity contribution is 5.51. The van der Waals surface area contributed by atoms with Gasteiger partial charge in [0.1, 0.15) is 0 Å². The summed E-state index contributed by atoms with van der Waals surface area (Å²) in [4.78, 5) is 2.53. The number of hydrogen-bond donors (Lipinski definition) is 0. The van der Waals surface area contributed by atoms with Gasteiger partial charge in [0, 0.05) is 18.3 Å². The van der Waals surface area contributed by atoms with Crippen molar-refractivity contribution in [3.8, 4) is 0 Å². The molecule has 0 aliphatic carbocycles. The van der Waals surface area contributed by atoms with Gasteiger partial charge in [0.25, 0.3) is 0 Å². The zero-order chi connectivity index (χ0) is 11.5. The van der Waals surface area contributed by atoms with Crippen LogP contribution in [0.4, 0.5) is 5.69 Å². The number of anilines is 1. The van der Waals surface area contributed by atoms with E-state index in [1.54, 1.807) is 0 Å². The van der Waals surface area contributed by atoms with Gasteiger partial charge in [-0.1, -0.05) is 37.5 Å². The highest BCUT2D eigenvalue weighted by Crippen LogP contribution is 2.33. The molecule has 0 unspecified atom stereocenters. The van der Waals surface area contributed by atoms with Gasteiger partial charge in [-0.3, -0.25) is 0 Å². The average molecular weight is 217 g/mol. The summed E-state index contributed by atoms with van der Waals surface area (Å²) in [6.45, 7) is 8.04. The maximum atomic E-state index is 2.53.